The molecular formula is C23H28N6OS. The molecule has 162 valence electrons. The molecule has 0 aromatic carbocycles. The van der Waals surface area contributed by atoms with Crippen molar-refractivity contribution in [2.24, 2.45) is 0 Å². The number of likely N-dealkylation sites (tertiary alicyclic amines) is 1. The first-order valence-corrected chi connectivity index (χ1v) is 12.0. The monoisotopic (exact) mass is 436 g/mol. The molecule has 3 aromatic rings. The zero-order valence-corrected chi connectivity index (χ0v) is 18.9. The first-order valence-electron chi connectivity index (χ1n) is 11.1. The lowest BCUT2D eigenvalue weighted by molar-refractivity contribution is 0.0698. The van der Waals surface area contributed by atoms with Gasteiger partial charge in [-0.15, -0.1) is 11.3 Å². The molecule has 2 aliphatic rings. The molecule has 31 heavy (non-hydrogen) atoms. The van der Waals surface area contributed by atoms with Gasteiger partial charge in [-0.3, -0.25) is 14.9 Å². The average molecular weight is 437 g/mol. The van der Waals surface area contributed by atoms with E-state index in [1.807, 2.05) is 30.2 Å². The molecule has 1 unspecified atom stereocenters. The number of rotatable bonds is 4. The summed E-state index contributed by atoms with van der Waals surface area (Å²) in [6.07, 6.45) is 6.28. The number of fused-ring (bicyclic) bond motifs is 1. The molecule has 1 saturated heterocycles. The third-order valence-corrected chi connectivity index (χ3v) is 7.10. The van der Waals surface area contributed by atoms with E-state index < -0.39 is 0 Å². The summed E-state index contributed by atoms with van der Waals surface area (Å²) < 4.78 is 0. The van der Waals surface area contributed by atoms with Crippen molar-refractivity contribution in [1.82, 2.24) is 25.1 Å². The number of nitrogens with one attached hydrogen (secondary N) is 2. The zero-order valence-electron chi connectivity index (χ0n) is 18.1. The van der Waals surface area contributed by atoms with Crippen molar-refractivity contribution in [3.8, 4) is 0 Å². The number of carbonyl (C=O) groups excluding carboxylic acids is 1. The van der Waals surface area contributed by atoms with Crippen LogP contribution in [0.25, 0.3) is 0 Å². The lowest BCUT2D eigenvalue weighted by Crippen LogP contribution is -2.40. The van der Waals surface area contributed by atoms with Crippen molar-refractivity contribution in [2.45, 2.75) is 58.3 Å². The van der Waals surface area contributed by atoms with Gasteiger partial charge in [-0.25, -0.2) is 4.98 Å². The van der Waals surface area contributed by atoms with Crippen molar-refractivity contribution in [1.29, 1.82) is 0 Å². The van der Waals surface area contributed by atoms with E-state index in [-0.39, 0.29) is 11.8 Å². The number of nitrogens with zero attached hydrogens (tertiary/aromatic N) is 4. The van der Waals surface area contributed by atoms with Crippen LogP contribution in [0.1, 0.15) is 70.4 Å². The Labute approximate surface area is 186 Å². The Morgan fingerprint density at radius 3 is 2.87 bits per heavy atom. The van der Waals surface area contributed by atoms with Crippen LogP contribution in [-0.2, 0) is 12.8 Å². The molecule has 4 heterocycles. The van der Waals surface area contributed by atoms with Crippen LogP contribution in [0, 0.1) is 13.8 Å². The third-order valence-electron chi connectivity index (χ3n) is 6.23. The van der Waals surface area contributed by atoms with E-state index >= 15 is 0 Å². The number of anilines is 2. The lowest BCUT2D eigenvalue weighted by atomic mass is 9.92. The molecule has 5 rings (SSSR count). The molecule has 0 radical (unpaired) electrons. The first kappa shape index (κ1) is 20.2. The number of aromatic amines is 1. The van der Waals surface area contributed by atoms with E-state index in [9.17, 15) is 4.79 Å². The highest BCUT2D eigenvalue weighted by Gasteiger charge is 2.30. The molecule has 1 amide bonds. The van der Waals surface area contributed by atoms with E-state index in [0.717, 1.165) is 77.8 Å². The van der Waals surface area contributed by atoms with Crippen LogP contribution in [0.4, 0.5) is 10.8 Å². The molecular weight excluding hydrogens is 408 g/mol. The number of amides is 1. The van der Waals surface area contributed by atoms with Crippen molar-refractivity contribution in [3.05, 3.63) is 51.5 Å². The molecule has 3 aromatic heterocycles. The normalized spacial score (nSPS) is 18.6. The second-order valence-corrected chi connectivity index (χ2v) is 9.53. The number of thiazole rings is 1. The van der Waals surface area contributed by atoms with E-state index in [4.69, 9.17) is 4.98 Å². The summed E-state index contributed by atoms with van der Waals surface area (Å²) in [6.45, 7) is 5.48. The number of pyridine rings is 1. The van der Waals surface area contributed by atoms with E-state index in [2.05, 4.69) is 26.6 Å². The number of hydrogen-bond acceptors (Lipinski definition) is 6. The van der Waals surface area contributed by atoms with E-state index in [1.165, 1.54) is 6.42 Å². The maximum absolute atomic E-state index is 13.3. The molecule has 7 nitrogen and oxygen atoms in total. The summed E-state index contributed by atoms with van der Waals surface area (Å²) in [6, 6.07) is 4.15. The summed E-state index contributed by atoms with van der Waals surface area (Å²) in [4.78, 5) is 24.6. The smallest absolute Gasteiger partial charge is 0.274 e. The van der Waals surface area contributed by atoms with Crippen LogP contribution >= 0.6 is 11.3 Å². The molecule has 1 aliphatic carbocycles. The molecule has 1 fully saturated rings. The van der Waals surface area contributed by atoms with Gasteiger partial charge in [0.25, 0.3) is 5.91 Å². The highest BCUT2D eigenvalue weighted by atomic mass is 32.1. The van der Waals surface area contributed by atoms with Crippen LogP contribution in [0.5, 0.6) is 0 Å². The van der Waals surface area contributed by atoms with Gasteiger partial charge >= 0.3 is 0 Å². The number of hydrogen-bond donors (Lipinski definition) is 2. The Balaban J connectivity index is 1.34. The van der Waals surface area contributed by atoms with Gasteiger partial charge in [-0.1, -0.05) is 0 Å². The van der Waals surface area contributed by atoms with Crippen molar-refractivity contribution in [3.63, 3.8) is 0 Å². The Hall–Kier alpha value is -2.74. The highest BCUT2D eigenvalue weighted by molar-refractivity contribution is 7.13. The topological polar surface area (TPSA) is 86.8 Å². The van der Waals surface area contributed by atoms with Crippen LogP contribution in [0.3, 0.4) is 0 Å². The van der Waals surface area contributed by atoms with Crippen LogP contribution < -0.4 is 5.32 Å². The fourth-order valence-corrected chi connectivity index (χ4v) is 5.43. The van der Waals surface area contributed by atoms with Crippen LogP contribution in [-0.4, -0.2) is 44.1 Å². The molecule has 2 N–H and O–H groups in total. The highest BCUT2D eigenvalue weighted by Crippen LogP contribution is 2.31. The minimum absolute atomic E-state index is 0.0633. The zero-order chi connectivity index (χ0) is 21.4. The van der Waals surface area contributed by atoms with Gasteiger partial charge in [0, 0.05) is 52.7 Å². The fraction of sp³-hybridized carbons (Fsp3) is 0.478. The van der Waals surface area contributed by atoms with Crippen LogP contribution in [0.2, 0.25) is 0 Å². The Bertz CT molecular complexity index is 1100. The van der Waals surface area contributed by atoms with Gasteiger partial charge in [0.1, 0.15) is 0 Å². The molecule has 1 atom stereocenters. The van der Waals surface area contributed by atoms with Gasteiger partial charge in [-0.2, -0.15) is 5.10 Å². The number of carbonyl (C=O) groups is 1. The molecule has 8 heteroatoms. The predicted molar refractivity (Wildman–Crippen MR) is 122 cm³/mol. The number of aromatic nitrogens is 4. The fourth-order valence-electron chi connectivity index (χ4n) is 4.72. The minimum Gasteiger partial charge on any atom is -0.337 e. The maximum Gasteiger partial charge on any atom is 0.274 e. The largest absolute Gasteiger partial charge is 0.337 e. The summed E-state index contributed by atoms with van der Waals surface area (Å²) >= 11 is 1.60. The van der Waals surface area contributed by atoms with Gasteiger partial charge in [0.05, 0.1) is 5.69 Å². The van der Waals surface area contributed by atoms with Gasteiger partial charge < -0.3 is 10.2 Å². The molecule has 0 spiro atoms. The first-order chi connectivity index (χ1) is 15.1. The van der Waals surface area contributed by atoms with Crippen molar-refractivity contribution in [2.75, 3.05) is 18.4 Å². The standard InChI is InChI=1S/C23H28N6OS/c1-14-10-17(26-23-25-15(2)13-31-23)11-20(24-14)16-6-5-9-29(12-16)22(30)21-18-7-3-4-8-19(18)27-28-21/h10-11,13,16H,3-9,12H2,1-2H3,(H,27,28)(H,24,25,26). The number of aryl methyl sites for hydroxylation is 3. The SMILES string of the molecule is Cc1cc(Nc2nc(C)cs2)cc(C2CCCN(C(=O)c3n[nH]c4c3CCCC4)C2)n1. The Morgan fingerprint density at radius 2 is 2.03 bits per heavy atom. The lowest BCUT2D eigenvalue weighted by Gasteiger charge is -2.32. The predicted octanol–water partition coefficient (Wildman–Crippen LogP) is 4.52. The van der Waals surface area contributed by atoms with Gasteiger partial charge in [0.15, 0.2) is 10.8 Å². The molecule has 0 saturated carbocycles. The van der Waals surface area contributed by atoms with Crippen molar-refractivity contribution >= 4 is 28.1 Å². The quantitative estimate of drug-likeness (QED) is 0.628. The summed E-state index contributed by atoms with van der Waals surface area (Å²) in [5.74, 6) is 0.291. The van der Waals surface area contributed by atoms with Crippen LogP contribution in [0.15, 0.2) is 17.5 Å². The minimum atomic E-state index is 0.0633. The Morgan fingerprint density at radius 1 is 1.16 bits per heavy atom. The van der Waals surface area contributed by atoms with Gasteiger partial charge in [0.2, 0.25) is 0 Å². The molecule has 0 bridgehead atoms. The van der Waals surface area contributed by atoms with Crippen molar-refractivity contribution < 1.29 is 4.79 Å². The Kier molecular flexibility index (Phi) is 5.48. The third kappa shape index (κ3) is 4.21. The second-order valence-electron chi connectivity index (χ2n) is 8.67. The average Bonchev–Trinajstić information content (AvgIpc) is 3.39. The van der Waals surface area contributed by atoms with E-state index in [1.54, 1.807) is 11.3 Å². The second kappa shape index (κ2) is 8.42. The van der Waals surface area contributed by atoms with Gasteiger partial charge in [-0.05, 0) is 64.5 Å². The number of H-pyrrole nitrogens is 1. The van der Waals surface area contributed by atoms with E-state index in [0.29, 0.717) is 12.2 Å². The maximum atomic E-state index is 13.3. The summed E-state index contributed by atoms with van der Waals surface area (Å²) in [5, 5.41) is 13.8. The number of piperidine rings is 1. The molecule has 1 aliphatic heterocycles. The summed E-state index contributed by atoms with van der Waals surface area (Å²) in [5.41, 5.74) is 6.94. The summed E-state index contributed by atoms with van der Waals surface area (Å²) in [7, 11) is 0.